The molecule has 4 aromatic rings. The largest absolute Gasteiger partial charge is 0.463 e. The van der Waals surface area contributed by atoms with Crippen molar-refractivity contribution in [1.29, 1.82) is 0 Å². The summed E-state index contributed by atoms with van der Waals surface area (Å²) in [5.41, 5.74) is 4.66. The minimum Gasteiger partial charge on any atom is -0.463 e. The van der Waals surface area contributed by atoms with Crippen LogP contribution in [-0.4, -0.2) is 9.97 Å². The Morgan fingerprint density at radius 3 is 2.46 bits per heavy atom. The highest BCUT2D eigenvalue weighted by Crippen LogP contribution is 2.38. The van der Waals surface area contributed by atoms with Gasteiger partial charge in [-0.1, -0.05) is 45.0 Å². The molecule has 0 saturated carbocycles. The summed E-state index contributed by atoms with van der Waals surface area (Å²) in [6.45, 7) is 6.68. The lowest BCUT2D eigenvalue weighted by atomic mass is 9.86. The van der Waals surface area contributed by atoms with Crippen molar-refractivity contribution in [3.8, 4) is 22.6 Å². The van der Waals surface area contributed by atoms with E-state index in [2.05, 4.69) is 60.4 Å². The first-order valence-corrected chi connectivity index (χ1v) is 8.79. The Morgan fingerprint density at radius 1 is 1.00 bits per heavy atom. The van der Waals surface area contributed by atoms with E-state index in [4.69, 9.17) is 4.42 Å². The van der Waals surface area contributed by atoms with Gasteiger partial charge in [0.2, 0.25) is 0 Å². The van der Waals surface area contributed by atoms with E-state index < -0.39 is 0 Å². The van der Waals surface area contributed by atoms with Gasteiger partial charge in [-0.05, 0) is 28.7 Å². The Hall–Kier alpha value is -2.46. The van der Waals surface area contributed by atoms with Gasteiger partial charge in [-0.2, -0.15) is 0 Å². The quantitative estimate of drug-likeness (QED) is 0.457. The molecule has 0 aliphatic heterocycles. The van der Waals surface area contributed by atoms with Crippen molar-refractivity contribution in [3.05, 3.63) is 59.9 Å². The highest BCUT2D eigenvalue weighted by molar-refractivity contribution is 7.17. The monoisotopic (exact) mass is 334 g/mol. The van der Waals surface area contributed by atoms with Crippen LogP contribution in [0.1, 0.15) is 26.3 Å². The Kier molecular flexibility index (Phi) is 3.50. The number of fused-ring (bicyclic) bond motifs is 1. The number of thiophene rings is 1. The lowest BCUT2D eigenvalue weighted by Crippen LogP contribution is -2.10. The molecule has 0 aliphatic carbocycles. The number of nitrogens with zero attached hydrogens (tertiary/aromatic N) is 2. The molecule has 0 unspecified atom stereocenters. The fourth-order valence-electron chi connectivity index (χ4n) is 2.84. The van der Waals surface area contributed by atoms with Gasteiger partial charge in [0.1, 0.15) is 16.9 Å². The third-order valence-electron chi connectivity index (χ3n) is 4.19. The van der Waals surface area contributed by atoms with Crippen LogP contribution >= 0.6 is 11.3 Å². The van der Waals surface area contributed by atoms with Crippen LogP contribution in [0.15, 0.2) is 58.8 Å². The van der Waals surface area contributed by atoms with Crippen LogP contribution in [0, 0.1) is 0 Å². The first-order valence-electron chi connectivity index (χ1n) is 7.91. The molecule has 0 bridgehead atoms. The van der Waals surface area contributed by atoms with E-state index >= 15 is 0 Å². The lowest BCUT2D eigenvalue weighted by Gasteiger charge is -2.19. The minimum absolute atomic E-state index is 0.150. The molecule has 3 aromatic heterocycles. The van der Waals surface area contributed by atoms with Crippen molar-refractivity contribution < 1.29 is 4.42 Å². The second-order valence-electron chi connectivity index (χ2n) is 6.86. The van der Waals surface area contributed by atoms with Crippen LogP contribution in [0.2, 0.25) is 0 Å². The number of hydrogen-bond donors (Lipinski definition) is 0. The first-order chi connectivity index (χ1) is 11.5. The average Bonchev–Trinajstić information content (AvgIpc) is 3.23. The lowest BCUT2D eigenvalue weighted by molar-refractivity contribution is 0.580. The Bertz CT molecular complexity index is 977. The molecule has 0 N–H and O–H groups in total. The summed E-state index contributed by atoms with van der Waals surface area (Å²) in [5.74, 6) is 0.772. The number of benzene rings is 1. The second-order valence-corrected chi connectivity index (χ2v) is 7.71. The van der Waals surface area contributed by atoms with E-state index in [0.29, 0.717) is 0 Å². The van der Waals surface area contributed by atoms with Gasteiger partial charge in [-0.15, -0.1) is 11.3 Å². The molecular formula is C20H18N2OS. The molecule has 0 radical (unpaired) electrons. The van der Waals surface area contributed by atoms with Crippen LogP contribution in [0.3, 0.4) is 0 Å². The van der Waals surface area contributed by atoms with E-state index in [0.717, 1.165) is 27.2 Å². The molecule has 0 atom stereocenters. The molecule has 120 valence electrons. The summed E-state index contributed by atoms with van der Waals surface area (Å²) in [6.07, 6.45) is 3.27. The topological polar surface area (TPSA) is 38.9 Å². The molecule has 3 nitrogen and oxygen atoms in total. The molecule has 0 amide bonds. The van der Waals surface area contributed by atoms with E-state index in [1.54, 1.807) is 23.9 Å². The first kappa shape index (κ1) is 15.1. The van der Waals surface area contributed by atoms with Crippen molar-refractivity contribution in [3.63, 3.8) is 0 Å². The summed E-state index contributed by atoms with van der Waals surface area (Å²) in [6, 6.07) is 12.6. The fraction of sp³-hybridized carbons (Fsp3) is 0.200. The number of aromatic nitrogens is 2. The Balaban J connectivity index is 1.89. The van der Waals surface area contributed by atoms with Gasteiger partial charge in [-0.3, -0.25) is 0 Å². The van der Waals surface area contributed by atoms with E-state index in [1.807, 2.05) is 12.1 Å². The third-order valence-corrected chi connectivity index (χ3v) is 5.07. The third kappa shape index (κ3) is 2.53. The SMILES string of the molecule is CC(C)(C)c1ccc(-c2csc3ncnc(-c4ccco4)c23)cc1. The Morgan fingerprint density at radius 2 is 1.79 bits per heavy atom. The van der Waals surface area contributed by atoms with Gasteiger partial charge >= 0.3 is 0 Å². The highest BCUT2D eigenvalue weighted by Gasteiger charge is 2.17. The maximum atomic E-state index is 5.57. The molecule has 24 heavy (non-hydrogen) atoms. The summed E-state index contributed by atoms with van der Waals surface area (Å²) in [4.78, 5) is 9.86. The zero-order valence-corrected chi connectivity index (χ0v) is 14.7. The summed E-state index contributed by atoms with van der Waals surface area (Å²) >= 11 is 1.64. The maximum absolute atomic E-state index is 5.57. The summed E-state index contributed by atoms with van der Waals surface area (Å²) in [7, 11) is 0. The van der Waals surface area contributed by atoms with E-state index in [9.17, 15) is 0 Å². The smallest absolute Gasteiger partial charge is 0.153 e. The zero-order valence-electron chi connectivity index (χ0n) is 13.9. The van der Waals surface area contributed by atoms with Crippen molar-refractivity contribution in [2.24, 2.45) is 0 Å². The molecule has 0 saturated heterocycles. The van der Waals surface area contributed by atoms with Crippen molar-refractivity contribution in [2.75, 3.05) is 0 Å². The molecule has 0 aliphatic rings. The highest BCUT2D eigenvalue weighted by atomic mass is 32.1. The van der Waals surface area contributed by atoms with Crippen molar-refractivity contribution >= 4 is 21.6 Å². The standard InChI is InChI=1S/C20H18N2OS/c1-20(2,3)14-8-6-13(7-9-14)15-11-24-19-17(15)18(21-12-22-19)16-5-4-10-23-16/h4-12H,1-3H3. The predicted molar refractivity (Wildman–Crippen MR) is 99.3 cm³/mol. The maximum Gasteiger partial charge on any atom is 0.153 e. The van der Waals surface area contributed by atoms with Crippen LogP contribution in [0.5, 0.6) is 0 Å². The van der Waals surface area contributed by atoms with E-state index in [1.165, 1.54) is 11.1 Å². The molecule has 3 heterocycles. The van der Waals surface area contributed by atoms with Crippen molar-refractivity contribution in [2.45, 2.75) is 26.2 Å². The fourth-order valence-corrected chi connectivity index (χ4v) is 3.75. The molecule has 4 rings (SSSR count). The number of furan rings is 1. The number of rotatable bonds is 2. The Labute approximate surface area is 145 Å². The predicted octanol–water partition coefficient (Wildman–Crippen LogP) is 5.92. The summed E-state index contributed by atoms with van der Waals surface area (Å²) in [5, 5.41) is 3.21. The molecule has 0 fully saturated rings. The van der Waals surface area contributed by atoms with Crippen LogP contribution < -0.4 is 0 Å². The molecule has 4 heteroatoms. The zero-order chi connectivity index (χ0) is 16.7. The van der Waals surface area contributed by atoms with Gasteiger partial charge in [0.25, 0.3) is 0 Å². The van der Waals surface area contributed by atoms with Gasteiger partial charge in [0.05, 0.1) is 6.26 Å². The van der Waals surface area contributed by atoms with Crippen LogP contribution in [-0.2, 0) is 5.41 Å². The molecule has 1 aromatic carbocycles. The molecule has 0 spiro atoms. The van der Waals surface area contributed by atoms with Crippen LogP contribution in [0.25, 0.3) is 32.8 Å². The average molecular weight is 334 g/mol. The van der Waals surface area contributed by atoms with Gasteiger partial charge in [0, 0.05) is 16.3 Å². The van der Waals surface area contributed by atoms with Crippen LogP contribution in [0.4, 0.5) is 0 Å². The van der Waals surface area contributed by atoms with Gasteiger partial charge in [-0.25, -0.2) is 9.97 Å². The summed E-state index contributed by atoms with van der Waals surface area (Å²) < 4.78 is 5.57. The number of hydrogen-bond acceptors (Lipinski definition) is 4. The van der Waals surface area contributed by atoms with Gasteiger partial charge < -0.3 is 4.42 Å². The van der Waals surface area contributed by atoms with E-state index in [-0.39, 0.29) is 5.41 Å². The second kappa shape index (κ2) is 5.56. The van der Waals surface area contributed by atoms with Gasteiger partial charge in [0.15, 0.2) is 5.76 Å². The van der Waals surface area contributed by atoms with Crippen molar-refractivity contribution in [1.82, 2.24) is 9.97 Å². The molecular weight excluding hydrogens is 316 g/mol. The minimum atomic E-state index is 0.150. The normalized spacial score (nSPS) is 12.0.